The van der Waals surface area contributed by atoms with Crippen molar-refractivity contribution in [3.8, 4) is 5.75 Å². The third-order valence-electron chi connectivity index (χ3n) is 4.20. The van der Waals surface area contributed by atoms with Gasteiger partial charge in [0.1, 0.15) is 17.7 Å². The third kappa shape index (κ3) is 6.84. The molecule has 29 heavy (non-hydrogen) atoms. The Balaban J connectivity index is 0.00000300. The summed E-state index contributed by atoms with van der Waals surface area (Å²) in [6, 6.07) is 13.7. The van der Waals surface area contributed by atoms with Crippen molar-refractivity contribution in [3.05, 3.63) is 59.0 Å². The molecule has 156 valence electrons. The monoisotopic (exact) mass is 572 g/mol. The van der Waals surface area contributed by atoms with Gasteiger partial charge in [-0.25, -0.2) is 0 Å². The van der Waals surface area contributed by atoms with Crippen molar-refractivity contribution in [2.45, 2.75) is 25.9 Å². The second-order valence-corrected chi connectivity index (χ2v) is 7.24. The normalized spacial score (nSPS) is 12.3. The maximum absolute atomic E-state index is 5.95. The lowest BCUT2D eigenvalue weighted by Crippen LogP contribution is -2.42. The first-order valence-corrected chi connectivity index (χ1v) is 10.1. The van der Waals surface area contributed by atoms with E-state index in [1.54, 1.807) is 7.05 Å². The van der Waals surface area contributed by atoms with E-state index in [1.807, 2.05) is 60.0 Å². The van der Waals surface area contributed by atoms with Crippen molar-refractivity contribution in [2.75, 3.05) is 20.1 Å². The van der Waals surface area contributed by atoms with Crippen LogP contribution in [0.3, 0.4) is 0 Å². The summed E-state index contributed by atoms with van der Waals surface area (Å²) in [5.41, 5.74) is 0.877. The van der Waals surface area contributed by atoms with Crippen LogP contribution in [-0.2, 0) is 6.42 Å². The molecule has 0 radical (unpaired) electrons. The average Bonchev–Trinajstić information content (AvgIpc) is 3.12. The van der Waals surface area contributed by atoms with Crippen LogP contribution in [0.1, 0.15) is 19.2 Å². The third-order valence-corrected chi connectivity index (χ3v) is 4.85. The molecular weight excluding hydrogens is 547 g/mol. The van der Waals surface area contributed by atoms with E-state index in [9.17, 15) is 0 Å². The fourth-order valence-electron chi connectivity index (χ4n) is 2.77. The second-order valence-electron chi connectivity index (χ2n) is 6.39. The molecule has 7 nitrogen and oxygen atoms in total. The molecule has 0 saturated carbocycles. The zero-order chi connectivity index (χ0) is 19.8. The molecule has 1 unspecified atom stereocenters. The van der Waals surface area contributed by atoms with Gasteiger partial charge in [0.25, 0.3) is 0 Å². The van der Waals surface area contributed by atoms with Crippen LogP contribution in [0.15, 0.2) is 58.1 Å². The smallest absolute Gasteiger partial charge is 0.191 e. The average molecular weight is 573 g/mol. The number of ether oxygens (including phenoxy) is 1. The van der Waals surface area contributed by atoms with Crippen LogP contribution in [0, 0.1) is 0 Å². The minimum absolute atomic E-state index is 0. The lowest BCUT2D eigenvalue weighted by atomic mass is 10.3. The van der Waals surface area contributed by atoms with Gasteiger partial charge in [-0.3, -0.25) is 9.39 Å². The van der Waals surface area contributed by atoms with Crippen molar-refractivity contribution in [3.63, 3.8) is 0 Å². The van der Waals surface area contributed by atoms with Crippen LogP contribution in [0.4, 0.5) is 0 Å². The number of rotatable bonds is 8. The van der Waals surface area contributed by atoms with Crippen LogP contribution in [0.25, 0.3) is 5.65 Å². The minimum atomic E-state index is -0.000363. The van der Waals surface area contributed by atoms with E-state index in [0.717, 1.165) is 47.0 Å². The van der Waals surface area contributed by atoms with E-state index in [0.29, 0.717) is 6.54 Å². The summed E-state index contributed by atoms with van der Waals surface area (Å²) in [7, 11) is 1.76. The van der Waals surface area contributed by atoms with E-state index in [1.165, 1.54) is 0 Å². The summed E-state index contributed by atoms with van der Waals surface area (Å²) in [5.74, 6) is 2.56. The largest absolute Gasteiger partial charge is 0.488 e. The van der Waals surface area contributed by atoms with Crippen LogP contribution in [0.5, 0.6) is 5.75 Å². The van der Waals surface area contributed by atoms with Crippen LogP contribution < -0.4 is 15.4 Å². The zero-order valence-electron chi connectivity index (χ0n) is 16.5. The molecule has 0 aliphatic carbocycles. The van der Waals surface area contributed by atoms with Crippen LogP contribution in [0.2, 0.25) is 0 Å². The molecule has 0 spiro atoms. The maximum Gasteiger partial charge on any atom is 0.191 e. The Morgan fingerprint density at radius 2 is 1.97 bits per heavy atom. The van der Waals surface area contributed by atoms with Gasteiger partial charge in [0, 0.05) is 26.2 Å². The van der Waals surface area contributed by atoms with Gasteiger partial charge >= 0.3 is 0 Å². The van der Waals surface area contributed by atoms with E-state index in [2.05, 4.69) is 41.8 Å². The van der Waals surface area contributed by atoms with Crippen molar-refractivity contribution < 1.29 is 4.74 Å². The van der Waals surface area contributed by atoms with Gasteiger partial charge < -0.3 is 15.4 Å². The van der Waals surface area contributed by atoms with Gasteiger partial charge in [-0.2, -0.15) is 0 Å². The van der Waals surface area contributed by atoms with Gasteiger partial charge in [0.05, 0.1) is 11.0 Å². The standard InChI is InChI=1S/C20H25BrN6O.HI/c1-15(28-17-9-4-3-8-16(17)21)14-24-20(22-2)23-12-7-11-19-26-25-18-10-5-6-13-27(18)19;/h3-6,8-10,13,15H,7,11-12,14H2,1-2H3,(H2,22,23,24);1H. The highest BCUT2D eigenvalue weighted by molar-refractivity contribution is 14.0. The first-order valence-electron chi connectivity index (χ1n) is 9.31. The van der Waals surface area contributed by atoms with E-state index < -0.39 is 0 Å². The molecule has 1 aromatic carbocycles. The van der Waals surface area contributed by atoms with E-state index >= 15 is 0 Å². The number of hydrogen-bond acceptors (Lipinski definition) is 4. The van der Waals surface area contributed by atoms with Gasteiger partial charge in [-0.15, -0.1) is 34.2 Å². The molecule has 1 atom stereocenters. The molecule has 0 fully saturated rings. The summed E-state index contributed by atoms with van der Waals surface area (Å²) in [4.78, 5) is 4.27. The number of pyridine rings is 1. The molecule has 0 amide bonds. The summed E-state index contributed by atoms with van der Waals surface area (Å²) >= 11 is 3.50. The maximum atomic E-state index is 5.95. The number of para-hydroxylation sites is 1. The highest BCUT2D eigenvalue weighted by Gasteiger charge is 2.08. The van der Waals surface area contributed by atoms with Crippen molar-refractivity contribution in [1.29, 1.82) is 0 Å². The lowest BCUT2D eigenvalue weighted by Gasteiger charge is -2.18. The first kappa shape index (κ1) is 23.4. The van der Waals surface area contributed by atoms with Gasteiger partial charge in [0.2, 0.25) is 0 Å². The summed E-state index contributed by atoms with van der Waals surface area (Å²) < 4.78 is 8.92. The molecule has 9 heteroatoms. The number of aryl methyl sites for hydroxylation is 1. The molecule has 2 N–H and O–H groups in total. The molecule has 0 aliphatic heterocycles. The van der Waals surface area contributed by atoms with Crippen molar-refractivity contribution >= 4 is 51.5 Å². The summed E-state index contributed by atoms with van der Waals surface area (Å²) in [6.45, 7) is 3.47. The second kappa shape index (κ2) is 12.0. The fraction of sp³-hybridized carbons (Fsp3) is 0.350. The Morgan fingerprint density at radius 3 is 2.76 bits per heavy atom. The highest BCUT2D eigenvalue weighted by Crippen LogP contribution is 2.24. The van der Waals surface area contributed by atoms with Crippen LogP contribution in [-0.4, -0.2) is 46.8 Å². The molecular formula is C20H26BrIN6O. The first-order chi connectivity index (χ1) is 13.7. The van der Waals surface area contributed by atoms with Gasteiger partial charge in [0.15, 0.2) is 11.6 Å². The number of fused-ring (bicyclic) bond motifs is 1. The minimum Gasteiger partial charge on any atom is -0.488 e. The number of hydrogen-bond donors (Lipinski definition) is 2. The number of aliphatic imine (C=N–C) groups is 1. The zero-order valence-corrected chi connectivity index (χ0v) is 20.4. The molecule has 0 bridgehead atoms. The highest BCUT2D eigenvalue weighted by atomic mass is 127. The quantitative estimate of drug-likeness (QED) is 0.186. The van der Waals surface area contributed by atoms with Crippen LogP contribution >= 0.6 is 39.9 Å². The Labute approximate surface area is 196 Å². The Kier molecular flexibility index (Phi) is 9.65. The number of nitrogens with one attached hydrogen (secondary N) is 2. The Bertz CT molecular complexity index is 932. The molecule has 0 aliphatic rings. The predicted octanol–water partition coefficient (Wildman–Crippen LogP) is 3.67. The molecule has 2 heterocycles. The van der Waals surface area contributed by atoms with Gasteiger partial charge in [-0.1, -0.05) is 18.2 Å². The fourth-order valence-corrected chi connectivity index (χ4v) is 3.15. The molecule has 3 rings (SSSR count). The number of halogens is 2. The van der Waals surface area contributed by atoms with Gasteiger partial charge in [-0.05, 0) is 53.5 Å². The molecule has 2 aromatic heterocycles. The van der Waals surface area contributed by atoms with Crippen molar-refractivity contribution in [2.24, 2.45) is 4.99 Å². The Hall–Kier alpha value is -1.88. The predicted molar refractivity (Wildman–Crippen MR) is 130 cm³/mol. The number of aromatic nitrogens is 3. The molecule has 3 aromatic rings. The lowest BCUT2D eigenvalue weighted by molar-refractivity contribution is 0.222. The topological polar surface area (TPSA) is 75.8 Å². The number of nitrogens with zero attached hydrogens (tertiary/aromatic N) is 4. The number of guanidine groups is 1. The van der Waals surface area contributed by atoms with E-state index in [4.69, 9.17) is 4.74 Å². The van der Waals surface area contributed by atoms with E-state index in [-0.39, 0.29) is 30.1 Å². The SMILES string of the molecule is CN=C(NCCCc1nnc2ccccn12)NCC(C)Oc1ccccc1Br.I. The van der Waals surface area contributed by atoms with Crippen molar-refractivity contribution in [1.82, 2.24) is 25.2 Å². The molecule has 0 saturated heterocycles. The Morgan fingerprint density at radius 1 is 1.17 bits per heavy atom. The summed E-state index contributed by atoms with van der Waals surface area (Å²) in [6.07, 6.45) is 3.76. The number of benzene rings is 1. The summed E-state index contributed by atoms with van der Waals surface area (Å²) in [5, 5.41) is 15.1.